The summed E-state index contributed by atoms with van der Waals surface area (Å²) in [6.07, 6.45) is 8.90. The molecule has 0 saturated carbocycles. The molecule has 0 radical (unpaired) electrons. The number of aryl methyl sites for hydroxylation is 1. The van der Waals surface area contributed by atoms with Crippen molar-refractivity contribution >= 4 is 0 Å². The third-order valence-corrected chi connectivity index (χ3v) is 3.03. The molecule has 2 aromatic heterocycles. The summed E-state index contributed by atoms with van der Waals surface area (Å²) in [5.74, 6) is 2.07. The Morgan fingerprint density at radius 2 is 2.05 bits per heavy atom. The Labute approximate surface area is 114 Å². The molecule has 0 saturated heterocycles. The largest absolute Gasteiger partial charge is 0.313 e. The van der Waals surface area contributed by atoms with E-state index in [0.717, 1.165) is 44.0 Å². The van der Waals surface area contributed by atoms with Crippen LogP contribution < -0.4 is 5.32 Å². The smallest absolute Gasteiger partial charge is 0.142 e. The van der Waals surface area contributed by atoms with E-state index in [2.05, 4.69) is 39.8 Å². The van der Waals surface area contributed by atoms with E-state index in [1.807, 2.05) is 24.7 Å². The fourth-order valence-electron chi connectivity index (χ4n) is 2.12. The zero-order valence-electron chi connectivity index (χ0n) is 11.8. The van der Waals surface area contributed by atoms with Crippen LogP contribution >= 0.6 is 0 Å². The topological polar surface area (TPSA) is 42.7 Å². The second-order valence-corrected chi connectivity index (χ2v) is 4.63. The van der Waals surface area contributed by atoms with Gasteiger partial charge in [-0.15, -0.1) is 0 Å². The Balaban J connectivity index is 2.25. The number of pyridine rings is 1. The lowest BCUT2D eigenvalue weighted by Crippen LogP contribution is -2.16. The van der Waals surface area contributed by atoms with Crippen LogP contribution in [-0.2, 0) is 13.0 Å². The average Bonchev–Trinajstić information content (AvgIpc) is 2.88. The Hall–Kier alpha value is -1.68. The molecule has 2 aromatic rings. The first-order valence-electron chi connectivity index (χ1n) is 7.04. The highest BCUT2D eigenvalue weighted by atomic mass is 15.1. The fraction of sp³-hybridized carbons (Fsp3) is 0.467. The molecule has 0 bridgehead atoms. The van der Waals surface area contributed by atoms with Crippen molar-refractivity contribution in [2.24, 2.45) is 0 Å². The second-order valence-electron chi connectivity index (χ2n) is 4.63. The second kappa shape index (κ2) is 7.04. The lowest BCUT2D eigenvalue weighted by atomic mass is 10.2. The van der Waals surface area contributed by atoms with Gasteiger partial charge < -0.3 is 5.32 Å². The quantitative estimate of drug-likeness (QED) is 0.776. The van der Waals surface area contributed by atoms with Gasteiger partial charge in [0.05, 0.1) is 0 Å². The Morgan fingerprint density at radius 1 is 1.16 bits per heavy atom. The van der Waals surface area contributed by atoms with Crippen LogP contribution in [0.2, 0.25) is 0 Å². The first kappa shape index (κ1) is 13.7. The van der Waals surface area contributed by atoms with E-state index in [0.29, 0.717) is 0 Å². The summed E-state index contributed by atoms with van der Waals surface area (Å²) in [6.45, 7) is 6.22. The van der Waals surface area contributed by atoms with E-state index >= 15 is 0 Å². The number of nitrogens with zero attached hydrogens (tertiary/aromatic N) is 3. The summed E-state index contributed by atoms with van der Waals surface area (Å²) < 4.78 is 2.10. The predicted octanol–water partition coefficient (Wildman–Crippen LogP) is 2.72. The van der Waals surface area contributed by atoms with Crippen molar-refractivity contribution in [1.29, 1.82) is 0 Å². The molecule has 0 aliphatic carbocycles. The molecular weight excluding hydrogens is 236 g/mol. The first-order chi connectivity index (χ1) is 9.36. The summed E-state index contributed by atoms with van der Waals surface area (Å²) in [4.78, 5) is 8.95. The van der Waals surface area contributed by atoms with Gasteiger partial charge in [-0.1, -0.05) is 19.9 Å². The summed E-state index contributed by atoms with van der Waals surface area (Å²) in [5.41, 5.74) is 1.21. The Bertz CT molecular complexity index is 504. The Morgan fingerprint density at radius 3 is 2.84 bits per heavy atom. The molecule has 4 nitrogen and oxygen atoms in total. The van der Waals surface area contributed by atoms with E-state index in [-0.39, 0.29) is 0 Å². The van der Waals surface area contributed by atoms with Crippen LogP contribution in [0.5, 0.6) is 0 Å². The standard InChI is InChI=1S/C15H22N4/c1-3-6-14-17-10-11-19(14)15-13(7-5-9-18-15)12-16-8-4-2/h5,7,9-11,16H,3-4,6,8,12H2,1-2H3. The summed E-state index contributed by atoms with van der Waals surface area (Å²) in [5, 5.41) is 3.43. The zero-order valence-corrected chi connectivity index (χ0v) is 11.8. The molecule has 0 atom stereocenters. The number of rotatable bonds is 7. The molecule has 102 valence electrons. The molecule has 0 amide bonds. The molecule has 0 aromatic carbocycles. The highest BCUT2D eigenvalue weighted by Gasteiger charge is 2.09. The maximum absolute atomic E-state index is 4.53. The van der Waals surface area contributed by atoms with E-state index in [9.17, 15) is 0 Å². The predicted molar refractivity (Wildman–Crippen MR) is 77.4 cm³/mol. The van der Waals surface area contributed by atoms with Crippen molar-refractivity contribution < 1.29 is 0 Å². The van der Waals surface area contributed by atoms with E-state index in [1.54, 1.807) is 0 Å². The maximum atomic E-state index is 4.53. The summed E-state index contributed by atoms with van der Waals surface area (Å²) in [6, 6.07) is 4.11. The third-order valence-electron chi connectivity index (χ3n) is 3.03. The van der Waals surface area contributed by atoms with Gasteiger partial charge in [-0.3, -0.25) is 4.57 Å². The van der Waals surface area contributed by atoms with E-state index < -0.39 is 0 Å². The molecule has 0 spiro atoms. The van der Waals surface area contributed by atoms with Gasteiger partial charge in [0.2, 0.25) is 0 Å². The average molecular weight is 258 g/mol. The monoisotopic (exact) mass is 258 g/mol. The van der Waals surface area contributed by atoms with Crippen LogP contribution in [0.1, 0.15) is 38.1 Å². The van der Waals surface area contributed by atoms with Crippen LogP contribution in [0.15, 0.2) is 30.7 Å². The van der Waals surface area contributed by atoms with Crippen LogP contribution in [0, 0.1) is 0 Å². The van der Waals surface area contributed by atoms with Gasteiger partial charge in [-0.05, 0) is 25.5 Å². The third kappa shape index (κ3) is 3.41. The summed E-state index contributed by atoms with van der Waals surface area (Å²) in [7, 11) is 0. The number of hydrogen-bond donors (Lipinski definition) is 1. The van der Waals surface area contributed by atoms with E-state index in [4.69, 9.17) is 0 Å². The highest BCUT2D eigenvalue weighted by molar-refractivity contribution is 5.34. The minimum Gasteiger partial charge on any atom is -0.313 e. The molecule has 0 aliphatic heterocycles. The molecule has 0 aliphatic rings. The maximum Gasteiger partial charge on any atom is 0.142 e. The molecule has 0 unspecified atom stereocenters. The van der Waals surface area contributed by atoms with Crippen LogP contribution in [0.25, 0.3) is 5.82 Å². The van der Waals surface area contributed by atoms with Crippen LogP contribution in [-0.4, -0.2) is 21.1 Å². The van der Waals surface area contributed by atoms with Crippen LogP contribution in [0.4, 0.5) is 0 Å². The fourth-order valence-corrected chi connectivity index (χ4v) is 2.12. The van der Waals surface area contributed by atoms with Gasteiger partial charge in [-0.25, -0.2) is 9.97 Å². The lowest BCUT2D eigenvalue weighted by Gasteiger charge is -2.12. The van der Waals surface area contributed by atoms with Gasteiger partial charge in [0, 0.05) is 37.1 Å². The normalized spacial score (nSPS) is 10.8. The highest BCUT2D eigenvalue weighted by Crippen LogP contribution is 2.14. The summed E-state index contributed by atoms with van der Waals surface area (Å²) >= 11 is 0. The number of imidazole rings is 1. The van der Waals surface area contributed by atoms with Crippen molar-refractivity contribution in [3.63, 3.8) is 0 Å². The van der Waals surface area contributed by atoms with Gasteiger partial charge >= 0.3 is 0 Å². The first-order valence-corrected chi connectivity index (χ1v) is 7.04. The van der Waals surface area contributed by atoms with Gasteiger partial charge in [-0.2, -0.15) is 0 Å². The number of hydrogen-bond acceptors (Lipinski definition) is 3. The van der Waals surface area contributed by atoms with Crippen LogP contribution in [0.3, 0.4) is 0 Å². The number of nitrogens with one attached hydrogen (secondary N) is 1. The van der Waals surface area contributed by atoms with Crippen molar-refractivity contribution in [2.45, 2.75) is 39.7 Å². The molecule has 0 fully saturated rings. The minimum atomic E-state index is 0.848. The van der Waals surface area contributed by atoms with Crippen molar-refractivity contribution in [2.75, 3.05) is 6.54 Å². The van der Waals surface area contributed by atoms with Crippen molar-refractivity contribution in [3.8, 4) is 5.82 Å². The SMILES string of the molecule is CCCNCc1cccnc1-n1ccnc1CCC. The molecule has 2 heterocycles. The van der Waals surface area contributed by atoms with Gasteiger partial charge in [0.25, 0.3) is 0 Å². The van der Waals surface area contributed by atoms with Gasteiger partial charge in [0.15, 0.2) is 0 Å². The molecule has 4 heteroatoms. The number of aromatic nitrogens is 3. The van der Waals surface area contributed by atoms with E-state index in [1.165, 1.54) is 5.56 Å². The molecular formula is C15H22N4. The van der Waals surface area contributed by atoms with Crippen molar-refractivity contribution in [1.82, 2.24) is 19.9 Å². The minimum absolute atomic E-state index is 0.848. The van der Waals surface area contributed by atoms with Gasteiger partial charge in [0.1, 0.15) is 11.6 Å². The molecule has 19 heavy (non-hydrogen) atoms. The zero-order chi connectivity index (χ0) is 13.5. The molecule has 2 rings (SSSR count). The molecule has 1 N–H and O–H groups in total. The van der Waals surface area contributed by atoms with Crippen molar-refractivity contribution in [3.05, 3.63) is 42.1 Å². The lowest BCUT2D eigenvalue weighted by molar-refractivity contribution is 0.668. The Kier molecular flexibility index (Phi) is 5.10.